The van der Waals surface area contributed by atoms with E-state index in [9.17, 15) is 14.4 Å². The van der Waals surface area contributed by atoms with Gasteiger partial charge in [-0.15, -0.1) is 0 Å². The summed E-state index contributed by atoms with van der Waals surface area (Å²) in [5.74, 6) is -2.51. The number of ether oxygens (including phenoxy) is 3. The number of rotatable bonds is 6. The first-order valence-corrected chi connectivity index (χ1v) is 6.01. The van der Waals surface area contributed by atoms with Gasteiger partial charge in [-0.1, -0.05) is 26.5 Å². The predicted octanol–water partition coefficient (Wildman–Crippen LogP) is 1.78. The third-order valence-corrected chi connectivity index (χ3v) is 2.09. The van der Waals surface area contributed by atoms with Gasteiger partial charge in [0.1, 0.15) is 5.92 Å². The van der Waals surface area contributed by atoms with E-state index in [-0.39, 0.29) is 6.61 Å². The molecule has 0 spiro atoms. The van der Waals surface area contributed by atoms with Gasteiger partial charge in [-0.25, -0.2) is 4.79 Å². The van der Waals surface area contributed by atoms with Crippen LogP contribution in [0.2, 0.25) is 0 Å². The molecular formula is C11H18O6S. The van der Waals surface area contributed by atoms with E-state index in [1.54, 1.807) is 20.8 Å². The summed E-state index contributed by atoms with van der Waals surface area (Å²) in [4.78, 5) is 33.7. The molecule has 0 aromatic rings. The quantitative estimate of drug-likeness (QED) is 0.453. The Morgan fingerprint density at radius 1 is 1.06 bits per heavy atom. The van der Waals surface area contributed by atoms with Crippen LogP contribution in [0.25, 0.3) is 0 Å². The molecule has 18 heavy (non-hydrogen) atoms. The average Bonchev–Trinajstić information content (AvgIpc) is 2.26. The van der Waals surface area contributed by atoms with E-state index in [0.717, 1.165) is 0 Å². The SMILES string of the molecule is CCOC(=O)C(C)C(OC(=O)S)OC(=O)C(C)C. The lowest BCUT2D eigenvalue weighted by Crippen LogP contribution is -2.35. The Labute approximate surface area is 111 Å². The maximum Gasteiger partial charge on any atom is 0.367 e. The fraction of sp³-hybridized carbons (Fsp3) is 0.727. The molecule has 0 aromatic carbocycles. The van der Waals surface area contributed by atoms with Gasteiger partial charge >= 0.3 is 17.2 Å². The largest absolute Gasteiger partial charge is 0.466 e. The van der Waals surface area contributed by atoms with Gasteiger partial charge in [0.2, 0.25) is 0 Å². The molecule has 2 atom stereocenters. The molecule has 0 aliphatic rings. The molecule has 0 aliphatic carbocycles. The Kier molecular flexibility index (Phi) is 7.42. The van der Waals surface area contributed by atoms with Crippen molar-refractivity contribution in [3.05, 3.63) is 0 Å². The van der Waals surface area contributed by atoms with Gasteiger partial charge in [0.25, 0.3) is 6.29 Å². The molecule has 0 aromatic heterocycles. The number of hydrogen-bond donors (Lipinski definition) is 1. The molecule has 104 valence electrons. The Morgan fingerprint density at radius 2 is 1.61 bits per heavy atom. The molecular weight excluding hydrogens is 260 g/mol. The number of thiol groups is 1. The fourth-order valence-electron chi connectivity index (χ4n) is 0.963. The van der Waals surface area contributed by atoms with E-state index in [2.05, 4.69) is 17.4 Å². The molecule has 0 radical (unpaired) electrons. The summed E-state index contributed by atoms with van der Waals surface area (Å²) in [6.07, 6.45) is -1.33. The van der Waals surface area contributed by atoms with Crippen LogP contribution in [0.4, 0.5) is 4.79 Å². The summed E-state index contributed by atoms with van der Waals surface area (Å²) in [5.41, 5.74) is 0. The van der Waals surface area contributed by atoms with Gasteiger partial charge in [-0.05, 0) is 13.8 Å². The minimum Gasteiger partial charge on any atom is -0.466 e. The topological polar surface area (TPSA) is 78.9 Å². The second kappa shape index (κ2) is 7.97. The molecule has 0 saturated carbocycles. The van der Waals surface area contributed by atoms with E-state index < -0.39 is 35.4 Å². The van der Waals surface area contributed by atoms with Crippen LogP contribution in [0.5, 0.6) is 0 Å². The molecule has 0 saturated heterocycles. The van der Waals surface area contributed by atoms with Gasteiger partial charge < -0.3 is 14.2 Å². The Balaban J connectivity index is 4.71. The molecule has 0 bridgehead atoms. The smallest absolute Gasteiger partial charge is 0.367 e. The number of esters is 2. The molecule has 0 aliphatic heterocycles. The molecule has 0 amide bonds. The first-order valence-electron chi connectivity index (χ1n) is 5.56. The summed E-state index contributed by atoms with van der Waals surface area (Å²) < 4.78 is 14.4. The van der Waals surface area contributed by atoms with Crippen LogP contribution >= 0.6 is 12.6 Å². The molecule has 0 rings (SSSR count). The van der Waals surface area contributed by atoms with Gasteiger partial charge in [0.15, 0.2) is 0 Å². The zero-order chi connectivity index (χ0) is 14.3. The van der Waals surface area contributed by atoms with Gasteiger partial charge in [0.05, 0.1) is 12.5 Å². The van der Waals surface area contributed by atoms with Crippen LogP contribution in [-0.2, 0) is 23.8 Å². The molecule has 0 fully saturated rings. The second-order valence-corrected chi connectivity index (χ2v) is 4.25. The molecule has 2 unspecified atom stereocenters. The first kappa shape index (κ1) is 16.8. The van der Waals surface area contributed by atoms with Crippen LogP contribution < -0.4 is 0 Å². The van der Waals surface area contributed by atoms with Crippen molar-refractivity contribution in [1.82, 2.24) is 0 Å². The van der Waals surface area contributed by atoms with Crippen molar-refractivity contribution in [3.8, 4) is 0 Å². The molecule has 0 N–H and O–H groups in total. The third-order valence-electron chi connectivity index (χ3n) is 1.99. The van der Waals surface area contributed by atoms with E-state index in [1.165, 1.54) is 6.92 Å². The van der Waals surface area contributed by atoms with Crippen LogP contribution in [-0.4, -0.2) is 30.1 Å². The summed E-state index contributed by atoms with van der Waals surface area (Å²) in [6.45, 7) is 6.51. The van der Waals surface area contributed by atoms with Gasteiger partial charge in [0, 0.05) is 0 Å². The highest BCUT2D eigenvalue weighted by molar-refractivity contribution is 7.96. The highest BCUT2D eigenvalue weighted by Crippen LogP contribution is 2.15. The first-order chi connectivity index (χ1) is 8.29. The lowest BCUT2D eigenvalue weighted by Gasteiger charge is -2.22. The maximum absolute atomic E-state index is 11.5. The van der Waals surface area contributed by atoms with Crippen LogP contribution in [0, 0.1) is 11.8 Å². The van der Waals surface area contributed by atoms with Crippen molar-refractivity contribution < 1.29 is 28.6 Å². The van der Waals surface area contributed by atoms with E-state index in [1.807, 2.05) is 0 Å². The number of hydrogen-bond acceptors (Lipinski definition) is 6. The minimum absolute atomic E-state index is 0.183. The summed E-state index contributed by atoms with van der Waals surface area (Å²) in [7, 11) is 0. The molecule has 0 heterocycles. The third kappa shape index (κ3) is 5.90. The number of carbonyl (C=O) groups is 3. The van der Waals surface area contributed by atoms with Crippen molar-refractivity contribution in [2.75, 3.05) is 6.61 Å². The van der Waals surface area contributed by atoms with Crippen LogP contribution in [0.3, 0.4) is 0 Å². The minimum atomic E-state index is -1.33. The van der Waals surface area contributed by atoms with Crippen molar-refractivity contribution in [2.45, 2.75) is 34.0 Å². The Morgan fingerprint density at radius 3 is 2.00 bits per heavy atom. The number of carbonyl (C=O) groups excluding carboxylic acids is 3. The monoisotopic (exact) mass is 278 g/mol. The second-order valence-electron chi connectivity index (χ2n) is 3.88. The van der Waals surface area contributed by atoms with Crippen molar-refractivity contribution in [2.24, 2.45) is 11.8 Å². The van der Waals surface area contributed by atoms with E-state index >= 15 is 0 Å². The van der Waals surface area contributed by atoms with Crippen LogP contribution in [0.15, 0.2) is 0 Å². The molecule has 7 heteroatoms. The summed E-state index contributed by atoms with van der Waals surface area (Å²) >= 11 is 3.42. The van der Waals surface area contributed by atoms with Gasteiger partial charge in [-0.2, -0.15) is 0 Å². The highest BCUT2D eigenvalue weighted by Gasteiger charge is 2.32. The standard InChI is InChI=1S/C11H18O6S/c1-5-15-9(13)7(4)10(17-11(14)18)16-8(12)6(2)3/h6-7,10H,5H2,1-4H3,(H,14,18). The lowest BCUT2D eigenvalue weighted by molar-refractivity contribution is -0.185. The zero-order valence-corrected chi connectivity index (χ0v) is 11.7. The Bertz CT molecular complexity index is 315. The Hall–Kier alpha value is -1.24. The fourth-order valence-corrected chi connectivity index (χ4v) is 1.07. The van der Waals surface area contributed by atoms with E-state index in [4.69, 9.17) is 9.47 Å². The van der Waals surface area contributed by atoms with E-state index in [0.29, 0.717) is 0 Å². The normalized spacial score (nSPS) is 13.7. The predicted molar refractivity (Wildman–Crippen MR) is 66.0 cm³/mol. The zero-order valence-electron chi connectivity index (χ0n) is 10.8. The average molecular weight is 278 g/mol. The van der Waals surface area contributed by atoms with Crippen molar-refractivity contribution >= 4 is 29.9 Å². The van der Waals surface area contributed by atoms with Crippen LogP contribution in [0.1, 0.15) is 27.7 Å². The summed E-state index contributed by atoms with van der Waals surface area (Å²) in [5, 5.41) is -0.937. The lowest BCUT2D eigenvalue weighted by atomic mass is 10.1. The van der Waals surface area contributed by atoms with Gasteiger partial charge in [-0.3, -0.25) is 9.59 Å². The van der Waals surface area contributed by atoms with Crippen molar-refractivity contribution in [1.29, 1.82) is 0 Å². The maximum atomic E-state index is 11.5. The highest BCUT2D eigenvalue weighted by atomic mass is 32.1. The summed E-state index contributed by atoms with van der Waals surface area (Å²) in [6, 6.07) is 0. The molecule has 6 nitrogen and oxygen atoms in total. The van der Waals surface area contributed by atoms with Crippen molar-refractivity contribution in [3.63, 3.8) is 0 Å².